The molecule has 1 aromatic heterocycles. The van der Waals surface area contributed by atoms with Crippen molar-refractivity contribution in [1.29, 1.82) is 0 Å². The van der Waals surface area contributed by atoms with E-state index in [1.807, 2.05) is 32.8 Å². The van der Waals surface area contributed by atoms with Crippen molar-refractivity contribution in [3.63, 3.8) is 0 Å². The van der Waals surface area contributed by atoms with E-state index in [2.05, 4.69) is 10.4 Å². The van der Waals surface area contributed by atoms with Crippen LogP contribution in [0.5, 0.6) is 0 Å². The topological polar surface area (TPSA) is 57.4 Å². The molecule has 1 aromatic rings. The highest BCUT2D eigenvalue weighted by Gasteiger charge is 2.20. The van der Waals surface area contributed by atoms with Gasteiger partial charge in [0.15, 0.2) is 23.3 Å². The maximum atomic E-state index is 13.9. The van der Waals surface area contributed by atoms with E-state index in [4.69, 9.17) is 5.84 Å². The Morgan fingerprint density at radius 1 is 1.37 bits per heavy atom. The molecule has 108 valence electrons. The lowest BCUT2D eigenvalue weighted by Crippen LogP contribution is -2.41. The fourth-order valence-corrected chi connectivity index (χ4v) is 2.06. The van der Waals surface area contributed by atoms with E-state index in [0.29, 0.717) is 6.54 Å². The zero-order valence-electron chi connectivity index (χ0n) is 11.7. The van der Waals surface area contributed by atoms with Crippen molar-refractivity contribution >= 4 is 11.6 Å². The summed E-state index contributed by atoms with van der Waals surface area (Å²) in [5.74, 6) is 3.61. The largest absolute Gasteiger partial charge is 0.350 e. The molecule has 0 fully saturated rings. The number of nitrogens with zero attached hydrogens (tertiary/aromatic N) is 3. The summed E-state index contributed by atoms with van der Waals surface area (Å²) in [5, 5.41) is 0. The number of nitrogens with two attached hydrogens (primary N) is 1. The summed E-state index contributed by atoms with van der Waals surface area (Å²) in [6.07, 6.45) is 0. The van der Waals surface area contributed by atoms with Crippen LogP contribution in [-0.2, 0) is 0 Å². The molecule has 3 N–H and O–H groups in total. The third-order valence-electron chi connectivity index (χ3n) is 2.82. The Kier molecular flexibility index (Phi) is 5.44. The van der Waals surface area contributed by atoms with E-state index in [0.717, 1.165) is 12.6 Å². The number of hydrogen-bond donors (Lipinski definition) is 2. The van der Waals surface area contributed by atoms with Crippen molar-refractivity contribution in [2.24, 2.45) is 5.84 Å². The average Bonchev–Trinajstić information content (AvgIpc) is 2.31. The summed E-state index contributed by atoms with van der Waals surface area (Å²) in [5.41, 5.74) is 2.13. The number of hydrazine groups is 1. The van der Waals surface area contributed by atoms with E-state index < -0.39 is 11.6 Å². The molecular formula is C12H21F2N5. The molecule has 5 nitrogen and oxygen atoms in total. The van der Waals surface area contributed by atoms with Crippen molar-refractivity contribution in [2.45, 2.75) is 19.9 Å². The minimum Gasteiger partial charge on any atom is -0.350 e. The summed E-state index contributed by atoms with van der Waals surface area (Å²) in [6.45, 7) is 5.15. The van der Waals surface area contributed by atoms with Crippen LogP contribution >= 0.6 is 0 Å². The summed E-state index contributed by atoms with van der Waals surface area (Å²) < 4.78 is 27.2. The quantitative estimate of drug-likeness (QED) is 0.606. The molecule has 0 saturated heterocycles. The molecular weight excluding hydrogens is 252 g/mol. The van der Waals surface area contributed by atoms with Crippen molar-refractivity contribution in [1.82, 2.24) is 9.88 Å². The summed E-state index contributed by atoms with van der Waals surface area (Å²) >= 11 is 0. The number of aromatic nitrogens is 1. The van der Waals surface area contributed by atoms with Gasteiger partial charge in [0.05, 0.1) is 0 Å². The summed E-state index contributed by atoms with van der Waals surface area (Å²) in [4.78, 5) is 7.68. The molecule has 0 aliphatic heterocycles. The number of pyridine rings is 1. The molecule has 0 aliphatic carbocycles. The van der Waals surface area contributed by atoms with Gasteiger partial charge >= 0.3 is 0 Å². The molecule has 1 unspecified atom stereocenters. The molecule has 0 bridgehead atoms. The Morgan fingerprint density at radius 3 is 2.47 bits per heavy atom. The second-order valence-electron chi connectivity index (χ2n) is 4.67. The van der Waals surface area contributed by atoms with Crippen LogP contribution in [0.15, 0.2) is 6.07 Å². The third kappa shape index (κ3) is 3.74. The fraction of sp³-hybridized carbons (Fsp3) is 0.583. The first kappa shape index (κ1) is 15.6. The Bertz CT molecular complexity index is 425. The van der Waals surface area contributed by atoms with Crippen LogP contribution in [0.25, 0.3) is 0 Å². The normalized spacial score (nSPS) is 12.6. The van der Waals surface area contributed by atoms with E-state index in [9.17, 15) is 8.78 Å². The zero-order chi connectivity index (χ0) is 14.6. The average molecular weight is 273 g/mol. The molecule has 0 radical (unpaired) electrons. The Hall–Kier alpha value is -1.47. The van der Waals surface area contributed by atoms with Crippen LogP contribution in [0.2, 0.25) is 0 Å². The van der Waals surface area contributed by atoms with Crippen molar-refractivity contribution < 1.29 is 8.78 Å². The second-order valence-corrected chi connectivity index (χ2v) is 4.67. The molecule has 0 saturated carbocycles. The van der Waals surface area contributed by atoms with Gasteiger partial charge < -0.3 is 15.2 Å². The van der Waals surface area contributed by atoms with Crippen molar-refractivity contribution in [3.05, 3.63) is 17.7 Å². The molecule has 1 heterocycles. The maximum absolute atomic E-state index is 13.9. The predicted octanol–water partition coefficient (Wildman–Crippen LogP) is 1.42. The minimum absolute atomic E-state index is 0.0399. The highest BCUT2D eigenvalue weighted by molar-refractivity contribution is 5.49. The smallest absolute Gasteiger partial charge is 0.178 e. The number of nitrogens with one attached hydrogen (secondary N) is 1. The molecule has 1 atom stereocenters. The first-order valence-electron chi connectivity index (χ1n) is 6.14. The first-order chi connectivity index (χ1) is 8.90. The molecule has 19 heavy (non-hydrogen) atoms. The minimum atomic E-state index is -0.805. The number of rotatable bonds is 6. The lowest BCUT2D eigenvalue weighted by molar-refractivity contribution is 0.370. The van der Waals surface area contributed by atoms with Gasteiger partial charge in [-0.2, -0.15) is 0 Å². The Morgan fingerprint density at radius 2 is 2.00 bits per heavy atom. The van der Waals surface area contributed by atoms with Gasteiger partial charge in [-0.1, -0.05) is 0 Å². The highest BCUT2D eigenvalue weighted by Crippen LogP contribution is 2.23. The number of likely N-dealkylation sites (N-methyl/N-ethyl adjacent to an activating group) is 2. The van der Waals surface area contributed by atoms with Gasteiger partial charge in [-0.3, -0.25) is 0 Å². The van der Waals surface area contributed by atoms with Crippen molar-refractivity contribution in [2.75, 3.05) is 37.5 Å². The molecule has 0 aliphatic rings. The number of hydrogen-bond acceptors (Lipinski definition) is 5. The van der Waals surface area contributed by atoms with Gasteiger partial charge in [-0.15, -0.1) is 0 Å². The highest BCUT2D eigenvalue weighted by atomic mass is 19.1. The van der Waals surface area contributed by atoms with Crippen LogP contribution in [-0.4, -0.2) is 43.1 Å². The van der Waals surface area contributed by atoms with Gasteiger partial charge in [0.25, 0.3) is 0 Å². The van der Waals surface area contributed by atoms with E-state index in [1.54, 1.807) is 4.90 Å². The van der Waals surface area contributed by atoms with E-state index in [1.165, 1.54) is 0 Å². The predicted molar refractivity (Wildman–Crippen MR) is 73.0 cm³/mol. The van der Waals surface area contributed by atoms with Crippen LogP contribution in [0, 0.1) is 11.6 Å². The van der Waals surface area contributed by atoms with Crippen LogP contribution < -0.4 is 16.2 Å². The van der Waals surface area contributed by atoms with Crippen LogP contribution in [0.3, 0.4) is 0 Å². The monoisotopic (exact) mass is 273 g/mol. The van der Waals surface area contributed by atoms with Crippen molar-refractivity contribution in [3.8, 4) is 0 Å². The van der Waals surface area contributed by atoms with Gasteiger partial charge in [-0.25, -0.2) is 19.6 Å². The lowest BCUT2D eigenvalue weighted by atomic mass is 10.2. The summed E-state index contributed by atoms with van der Waals surface area (Å²) in [6, 6.07) is 0.834. The number of nitrogen functional groups attached to an aromatic ring is 1. The van der Waals surface area contributed by atoms with Crippen LogP contribution in [0.4, 0.5) is 20.4 Å². The summed E-state index contributed by atoms with van der Waals surface area (Å²) in [7, 11) is 3.87. The standard InChI is InChI=1S/C12H21F2N5/c1-5-19(8(2)7-18(3)4)12-10(14)6-9(13)11(16-12)17-15/h6,8H,5,7,15H2,1-4H3,(H,16,17). The number of anilines is 2. The molecule has 1 rings (SSSR count). The molecule has 0 amide bonds. The number of halogens is 2. The third-order valence-corrected chi connectivity index (χ3v) is 2.82. The Balaban J connectivity index is 3.10. The second kappa shape index (κ2) is 6.63. The van der Waals surface area contributed by atoms with Gasteiger partial charge in [0.1, 0.15) is 0 Å². The van der Waals surface area contributed by atoms with E-state index in [-0.39, 0.29) is 17.7 Å². The fourth-order valence-electron chi connectivity index (χ4n) is 2.06. The Labute approximate surface area is 112 Å². The van der Waals surface area contributed by atoms with E-state index >= 15 is 0 Å². The molecule has 0 spiro atoms. The van der Waals surface area contributed by atoms with Gasteiger partial charge in [0.2, 0.25) is 0 Å². The van der Waals surface area contributed by atoms with Gasteiger partial charge in [0, 0.05) is 25.2 Å². The maximum Gasteiger partial charge on any atom is 0.178 e. The zero-order valence-corrected chi connectivity index (χ0v) is 11.7. The lowest BCUT2D eigenvalue weighted by Gasteiger charge is -2.31. The van der Waals surface area contributed by atoms with Gasteiger partial charge in [-0.05, 0) is 27.9 Å². The van der Waals surface area contributed by atoms with Crippen LogP contribution in [0.1, 0.15) is 13.8 Å². The molecule has 7 heteroatoms. The molecule has 0 aromatic carbocycles. The SMILES string of the molecule is CCN(c1nc(NN)c(F)cc1F)C(C)CN(C)C. The first-order valence-corrected chi connectivity index (χ1v) is 6.14.